The fraction of sp³-hybridized carbons (Fsp3) is 0.696. The number of aliphatic hydroxyl groups is 2. The van der Waals surface area contributed by atoms with Crippen molar-refractivity contribution in [3.8, 4) is 0 Å². The molecule has 0 aromatic heterocycles. The predicted molar refractivity (Wildman–Crippen MR) is 117 cm³/mol. The van der Waals surface area contributed by atoms with Crippen molar-refractivity contribution in [2.45, 2.75) is 83.8 Å². The van der Waals surface area contributed by atoms with Gasteiger partial charge in [0, 0.05) is 31.2 Å². The average Bonchev–Trinajstić information content (AvgIpc) is 2.95. The van der Waals surface area contributed by atoms with Crippen LogP contribution in [0, 0.1) is 11.8 Å². The summed E-state index contributed by atoms with van der Waals surface area (Å²) in [5.74, 6) is -0.822. The van der Waals surface area contributed by atoms with Crippen LogP contribution in [0.3, 0.4) is 0 Å². The van der Waals surface area contributed by atoms with Crippen LogP contribution in [0.2, 0.25) is 0 Å². The lowest BCUT2D eigenvalue weighted by Gasteiger charge is -2.16. The van der Waals surface area contributed by atoms with Gasteiger partial charge in [0.05, 0.1) is 12.2 Å². The second-order valence-electron chi connectivity index (χ2n) is 7.88. The van der Waals surface area contributed by atoms with Crippen LogP contribution in [-0.2, 0) is 9.59 Å². The lowest BCUT2D eigenvalue weighted by atomic mass is 9.90. The van der Waals surface area contributed by atoms with E-state index >= 15 is 0 Å². The molecule has 0 aromatic carbocycles. The molecule has 4 atom stereocenters. The molecule has 0 aliphatic heterocycles. The highest BCUT2D eigenvalue weighted by atomic mass is 16.3. The molecular weight excluding hydrogens is 384 g/mol. The first-order valence-corrected chi connectivity index (χ1v) is 11.2. The van der Waals surface area contributed by atoms with Crippen molar-refractivity contribution >= 4 is 17.7 Å². The monoisotopic (exact) mass is 422 g/mol. The second kappa shape index (κ2) is 14.9. The van der Waals surface area contributed by atoms with Gasteiger partial charge in [-0.25, -0.2) is 4.79 Å². The summed E-state index contributed by atoms with van der Waals surface area (Å²) in [6.07, 6.45) is 12.2. The highest BCUT2D eigenvalue weighted by molar-refractivity contribution is 5.94. The van der Waals surface area contributed by atoms with Gasteiger partial charge in [-0.2, -0.15) is 0 Å². The van der Waals surface area contributed by atoms with Crippen LogP contribution in [0.15, 0.2) is 24.3 Å². The summed E-state index contributed by atoms with van der Waals surface area (Å²) >= 11 is 0. The summed E-state index contributed by atoms with van der Waals surface area (Å²) in [6.45, 7) is 4.35. The Morgan fingerprint density at radius 2 is 1.97 bits per heavy atom. The fourth-order valence-electron chi connectivity index (χ4n) is 3.62. The first-order chi connectivity index (χ1) is 14.4. The van der Waals surface area contributed by atoms with Crippen LogP contribution in [0.1, 0.15) is 71.6 Å². The summed E-state index contributed by atoms with van der Waals surface area (Å²) in [7, 11) is 0. The molecule has 1 aliphatic carbocycles. The third kappa shape index (κ3) is 10.2. The van der Waals surface area contributed by atoms with E-state index in [0.29, 0.717) is 32.2 Å². The van der Waals surface area contributed by atoms with Gasteiger partial charge in [-0.1, -0.05) is 50.5 Å². The quantitative estimate of drug-likeness (QED) is 0.269. The van der Waals surface area contributed by atoms with E-state index in [1.165, 1.54) is 0 Å². The van der Waals surface area contributed by atoms with Gasteiger partial charge >= 0.3 is 6.03 Å². The van der Waals surface area contributed by atoms with Crippen molar-refractivity contribution in [2.24, 2.45) is 11.8 Å². The molecule has 1 saturated carbocycles. The SMILES string of the molecule is CCCCC[C@H](O)/C=C/[C@H]1[C@H](O)CC(=O)[C@@H]1C/C=C\CCCC(=O)NC(=O)NCC. The minimum Gasteiger partial charge on any atom is -0.392 e. The zero-order valence-corrected chi connectivity index (χ0v) is 18.3. The molecule has 170 valence electrons. The Bertz CT molecular complexity index is 602. The van der Waals surface area contributed by atoms with Crippen LogP contribution < -0.4 is 10.6 Å². The van der Waals surface area contributed by atoms with E-state index in [1.807, 2.05) is 12.2 Å². The number of hydrogen-bond donors (Lipinski definition) is 4. The summed E-state index contributed by atoms with van der Waals surface area (Å²) in [5, 5.41) is 25.0. The number of imide groups is 1. The molecule has 0 aromatic rings. The van der Waals surface area contributed by atoms with Gasteiger partial charge in [0.2, 0.25) is 5.91 Å². The molecule has 0 heterocycles. The summed E-state index contributed by atoms with van der Waals surface area (Å²) < 4.78 is 0. The van der Waals surface area contributed by atoms with E-state index in [2.05, 4.69) is 17.6 Å². The summed E-state index contributed by atoms with van der Waals surface area (Å²) in [6, 6.07) is -0.481. The van der Waals surface area contributed by atoms with Crippen molar-refractivity contribution in [1.82, 2.24) is 10.6 Å². The van der Waals surface area contributed by atoms with Crippen molar-refractivity contribution in [2.75, 3.05) is 6.54 Å². The number of amides is 3. The number of carbonyl (C=O) groups is 3. The maximum Gasteiger partial charge on any atom is 0.321 e. The molecule has 1 fully saturated rings. The van der Waals surface area contributed by atoms with Crippen LogP contribution in [0.25, 0.3) is 0 Å². The number of rotatable bonds is 13. The van der Waals surface area contributed by atoms with Gasteiger partial charge in [0.1, 0.15) is 5.78 Å². The van der Waals surface area contributed by atoms with Crippen molar-refractivity contribution in [1.29, 1.82) is 0 Å². The van der Waals surface area contributed by atoms with Crippen molar-refractivity contribution in [3.63, 3.8) is 0 Å². The van der Waals surface area contributed by atoms with Crippen LogP contribution in [0.5, 0.6) is 0 Å². The van der Waals surface area contributed by atoms with Crippen molar-refractivity contribution in [3.05, 3.63) is 24.3 Å². The molecular formula is C23H38N2O5. The standard InChI is InChI=1S/C23H38N2O5/c1-3-5-8-11-17(26)14-15-19-18(20(27)16-21(19)28)12-9-6-7-10-13-22(29)25-23(30)24-4-2/h6,9,14-15,17-19,21,26,28H,3-5,7-8,10-13,16H2,1-2H3,(H2,24,25,29,30)/b9-6-,15-14+/t17-,18+,19+,21+/m0/s1. The smallest absolute Gasteiger partial charge is 0.321 e. The average molecular weight is 423 g/mol. The third-order valence-corrected chi connectivity index (χ3v) is 5.31. The molecule has 0 spiro atoms. The highest BCUT2D eigenvalue weighted by Crippen LogP contribution is 2.33. The number of aliphatic hydroxyl groups excluding tert-OH is 2. The van der Waals surface area contributed by atoms with Crippen LogP contribution >= 0.6 is 0 Å². The van der Waals surface area contributed by atoms with Crippen LogP contribution in [0.4, 0.5) is 4.79 Å². The Morgan fingerprint density at radius 1 is 1.20 bits per heavy atom. The Balaban J connectivity index is 2.39. The Labute approximate surface area is 180 Å². The summed E-state index contributed by atoms with van der Waals surface area (Å²) in [5.41, 5.74) is 0. The number of allylic oxidation sites excluding steroid dienone is 2. The number of urea groups is 1. The van der Waals surface area contributed by atoms with Crippen molar-refractivity contribution < 1.29 is 24.6 Å². The van der Waals surface area contributed by atoms with Gasteiger partial charge in [0.15, 0.2) is 0 Å². The normalized spacial score (nSPS) is 22.7. The number of unbranched alkanes of at least 4 members (excludes halogenated alkanes) is 3. The van der Waals surface area contributed by atoms with Gasteiger partial charge < -0.3 is 15.5 Å². The topological polar surface area (TPSA) is 116 Å². The molecule has 0 saturated heterocycles. The fourth-order valence-corrected chi connectivity index (χ4v) is 3.62. The zero-order chi connectivity index (χ0) is 22.4. The molecule has 4 N–H and O–H groups in total. The zero-order valence-electron chi connectivity index (χ0n) is 18.3. The van der Waals surface area contributed by atoms with Gasteiger partial charge in [-0.15, -0.1) is 0 Å². The molecule has 0 unspecified atom stereocenters. The number of ketones is 1. The first kappa shape index (κ1) is 26.0. The Morgan fingerprint density at radius 3 is 2.67 bits per heavy atom. The minimum atomic E-state index is -0.701. The molecule has 0 radical (unpaired) electrons. The van der Waals surface area contributed by atoms with E-state index in [0.717, 1.165) is 19.3 Å². The number of Topliss-reactive ketones (excluding diaryl/α,β-unsaturated/α-hetero) is 1. The first-order valence-electron chi connectivity index (χ1n) is 11.2. The van der Waals surface area contributed by atoms with Crippen LogP contribution in [-0.4, -0.2) is 46.7 Å². The van der Waals surface area contributed by atoms with Gasteiger partial charge in [-0.05, 0) is 32.6 Å². The second-order valence-corrected chi connectivity index (χ2v) is 7.88. The third-order valence-electron chi connectivity index (χ3n) is 5.31. The molecule has 1 rings (SSSR count). The Hall–Kier alpha value is -1.99. The van der Waals surface area contributed by atoms with Gasteiger partial charge in [-0.3, -0.25) is 14.9 Å². The summed E-state index contributed by atoms with van der Waals surface area (Å²) in [4.78, 5) is 35.1. The lowest BCUT2D eigenvalue weighted by molar-refractivity contribution is -0.121. The van der Waals surface area contributed by atoms with E-state index in [4.69, 9.17) is 0 Å². The lowest BCUT2D eigenvalue weighted by Crippen LogP contribution is -2.39. The number of carbonyl (C=O) groups excluding carboxylic acids is 3. The van der Waals surface area contributed by atoms with Gasteiger partial charge in [0.25, 0.3) is 0 Å². The molecule has 30 heavy (non-hydrogen) atoms. The van der Waals surface area contributed by atoms with E-state index in [-0.39, 0.29) is 36.4 Å². The van der Waals surface area contributed by atoms with E-state index in [1.54, 1.807) is 19.1 Å². The van der Waals surface area contributed by atoms with E-state index in [9.17, 15) is 24.6 Å². The predicted octanol–water partition coefficient (Wildman–Crippen LogP) is 3.01. The molecule has 7 nitrogen and oxygen atoms in total. The minimum absolute atomic E-state index is 0.0450. The maximum atomic E-state index is 12.2. The molecule has 7 heteroatoms. The Kier molecular flexibility index (Phi) is 12.9. The highest BCUT2D eigenvalue weighted by Gasteiger charge is 2.39. The maximum absolute atomic E-state index is 12.2. The number of hydrogen-bond acceptors (Lipinski definition) is 5. The van der Waals surface area contributed by atoms with E-state index < -0.39 is 18.2 Å². The number of nitrogens with one attached hydrogen (secondary N) is 2. The molecule has 3 amide bonds. The largest absolute Gasteiger partial charge is 0.392 e. The molecule has 1 aliphatic rings. The molecule has 0 bridgehead atoms.